The van der Waals surface area contributed by atoms with Crippen molar-refractivity contribution in [3.8, 4) is 0 Å². The summed E-state index contributed by atoms with van der Waals surface area (Å²) >= 11 is 0. The Morgan fingerprint density at radius 2 is 2.06 bits per heavy atom. The molecule has 0 saturated carbocycles. The lowest BCUT2D eigenvalue weighted by atomic mass is 10.1. The van der Waals surface area contributed by atoms with Gasteiger partial charge in [-0.3, -0.25) is 10.1 Å². The first-order valence-corrected chi connectivity index (χ1v) is 4.73. The van der Waals surface area contributed by atoms with E-state index in [-0.39, 0.29) is 12.3 Å². The average molecular weight is 221 g/mol. The molecule has 0 spiro atoms. The van der Waals surface area contributed by atoms with Gasteiger partial charge in [-0.1, -0.05) is 18.2 Å². The fourth-order valence-corrected chi connectivity index (χ4v) is 1.15. The number of hydrogen-bond donors (Lipinski definition) is 0. The van der Waals surface area contributed by atoms with Gasteiger partial charge in [0.15, 0.2) is 0 Å². The highest BCUT2D eigenvalue weighted by Gasteiger charge is 2.16. The zero-order valence-corrected chi connectivity index (χ0v) is 8.75. The molecule has 16 heavy (non-hydrogen) atoms. The number of nitrogens with zero attached hydrogens (tertiary/aromatic N) is 1. The molecular formula is C11H11NO4. The van der Waals surface area contributed by atoms with E-state index in [0.717, 1.165) is 6.08 Å². The van der Waals surface area contributed by atoms with Crippen LogP contribution < -0.4 is 0 Å². The second kappa shape index (κ2) is 5.65. The molecule has 0 amide bonds. The Hall–Kier alpha value is -2.17. The molecule has 1 aromatic rings. The molecular weight excluding hydrogens is 210 g/mol. The Morgan fingerprint density at radius 3 is 2.56 bits per heavy atom. The summed E-state index contributed by atoms with van der Waals surface area (Å²) in [6.45, 7) is 1.83. The molecule has 0 atom stereocenters. The standard InChI is InChI=1S/C11H11NO4/c1-2-16-11(13)8-10(12(14)15)9-6-4-3-5-7-9/h3-8H,2H2,1H3. The number of esters is 1. The van der Waals surface area contributed by atoms with E-state index >= 15 is 0 Å². The molecule has 84 valence electrons. The minimum absolute atomic E-state index is 0.190. The van der Waals surface area contributed by atoms with Crippen molar-refractivity contribution in [3.63, 3.8) is 0 Å². The van der Waals surface area contributed by atoms with Crippen LogP contribution in [0.2, 0.25) is 0 Å². The number of hydrogen-bond acceptors (Lipinski definition) is 4. The molecule has 5 nitrogen and oxygen atoms in total. The summed E-state index contributed by atoms with van der Waals surface area (Å²) in [7, 11) is 0. The molecule has 0 fully saturated rings. The molecule has 0 aliphatic heterocycles. The van der Waals surface area contributed by atoms with E-state index in [1.807, 2.05) is 0 Å². The van der Waals surface area contributed by atoms with Gasteiger partial charge in [0.25, 0.3) is 5.70 Å². The zero-order chi connectivity index (χ0) is 12.0. The number of carbonyl (C=O) groups is 1. The van der Waals surface area contributed by atoms with Crippen LogP contribution in [0.4, 0.5) is 0 Å². The summed E-state index contributed by atoms with van der Waals surface area (Å²) in [6, 6.07) is 8.20. The topological polar surface area (TPSA) is 69.4 Å². The van der Waals surface area contributed by atoms with Gasteiger partial charge in [0.1, 0.15) is 6.08 Å². The fraction of sp³-hybridized carbons (Fsp3) is 0.182. The molecule has 0 bridgehead atoms. The first-order chi connectivity index (χ1) is 7.65. The summed E-state index contributed by atoms with van der Waals surface area (Å²) in [5, 5.41) is 10.8. The van der Waals surface area contributed by atoms with Gasteiger partial charge in [-0.05, 0) is 19.1 Å². The lowest BCUT2D eigenvalue weighted by molar-refractivity contribution is -0.375. The third-order valence-corrected chi connectivity index (χ3v) is 1.81. The van der Waals surface area contributed by atoms with Gasteiger partial charge in [0.2, 0.25) is 0 Å². The van der Waals surface area contributed by atoms with Gasteiger partial charge < -0.3 is 4.74 Å². The highest BCUT2D eigenvalue weighted by Crippen LogP contribution is 2.14. The van der Waals surface area contributed by atoms with E-state index in [0.29, 0.717) is 5.56 Å². The first kappa shape index (κ1) is 11.9. The largest absolute Gasteiger partial charge is 0.463 e. The van der Waals surface area contributed by atoms with Crippen LogP contribution in [0.5, 0.6) is 0 Å². The van der Waals surface area contributed by atoms with Gasteiger partial charge >= 0.3 is 5.97 Å². The number of ether oxygens (including phenoxy) is 1. The predicted octanol–water partition coefficient (Wildman–Crippen LogP) is 1.87. The number of nitro groups is 1. The molecule has 5 heteroatoms. The van der Waals surface area contributed by atoms with Crippen LogP contribution >= 0.6 is 0 Å². The monoisotopic (exact) mass is 221 g/mol. The number of rotatable bonds is 4. The molecule has 0 saturated heterocycles. The Kier molecular flexibility index (Phi) is 4.20. The van der Waals surface area contributed by atoms with Crippen molar-refractivity contribution in [2.45, 2.75) is 6.92 Å². The maximum atomic E-state index is 11.1. The number of benzene rings is 1. The maximum Gasteiger partial charge on any atom is 0.337 e. The smallest absolute Gasteiger partial charge is 0.337 e. The highest BCUT2D eigenvalue weighted by molar-refractivity contribution is 5.89. The average Bonchev–Trinajstić information content (AvgIpc) is 2.27. The molecule has 1 rings (SSSR count). The Morgan fingerprint density at radius 1 is 1.44 bits per heavy atom. The van der Waals surface area contributed by atoms with Gasteiger partial charge in [-0.2, -0.15) is 0 Å². The quantitative estimate of drug-likeness (QED) is 0.337. The van der Waals surface area contributed by atoms with Crippen LogP contribution in [0.3, 0.4) is 0 Å². The Labute approximate surface area is 92.5 Å². The summed E-state index contributed by atoms with van der Waals surface area (Å²) in [5.41, 5.74) is 0.111. The van der Waals surface area contributed by atoms with Crippen molar-refractivity contribution in [1.29, 1.82) is 0 Å². The van der Waals surface area contributed by atoms with Crippen molar-refractivity contribution in [2.24, 2.45) is 0 Å². The van der Waals surface area contributed by atoms with Gasteiger partial charge in [0, 0.05) is 0 Å². The van der Waals surface area contributed by atoms with Crippen molar-refractivity contribution in [2.75, 3.05) is 6.61 Å². The summed E-state index contributed by atoms with van der Waals surface area (Å²) in [4.78, 5) is 21.3. The van der Waals surface area contributed by atoms with Crippen LogP contribution in [0.25, 0.3) is 5.70 Å². The van der Waals surface area contributed by atoms with Crippen molar-refractivity contribution in [1.82, 2.24) is 0 Å². The molecule has 0 N–H and O–H groups in total. The van der Waals surface area contributed by atoms with Crippen LogP contribution in [0.1, 0.15) is 12.5 Å². The molecule has 0 aromatic heterocycles. The molecule has 0 radical (unpaired) electrons. The maximum absolute atomic E-state index is 11.1. The van der Waals surface area contributed by atoms with Gasteiger partial charge in [-0.15, -0.1) is 0 Å². The minimum Gasteiger partial charge on any atom is -0.463 e. The summed E-state index contributed by atoms with van der Waals surface area (Å²) < 4.78 is 4.62. The Bertz CT molecular complexity index is 411. The lowest BCUT2D eigenvalue weighted by Crippen LogP contribution is -2.05. The van der Waals surface area contributed by atoms with Gasteiger partial charge in [-0.25, -0.2) is 4.79 Å². The minimum atomic E-state index is -0.710. The number of carbonyl (C=O) groups excluding carboxylic acids is 1. The van der Waals surface area contributed by atoms with E-state index in [1.54, 1.807) is 37.3 Å². The van der Waals surface area contributed by atoms with E-state index in [2.05, 4.69) is 4.74 Å². The summed E-state index contributed by atoms with van der Waals surface area (Å²) in [5.74, 6) is -0.710. The SMILES string of the molecule is CCOC(=O)C=C(c1ccccc1)[N+](=O)[O-]. The first-order valence-electron chi connectivity index (χ1n) is 4.73. The summed E-state index contributed by atoms with van der Waals surface area (Å²) in [6.07, 6.45) is 0.888. The van der Waals surface area contributed by atoms with Crippen molar-refractivity contribution < 1.29 is 14.5 Å². The van der Waals surface area contributed by atoms with E-state index < -0.39 is 10.9 Å². The molecule has 0 aliphatic carbocycles. The third-order valence-electron chi connectivity index (χ3n) is 1.81. The highest BCUT2D eigenvalue weighted by atomic mass is 16.6. The van der Waals surface area contributed by atoms with Crippen LogP contribution in [-0.4, -0.2) is 17.5 Å². The Balaban J connectivity index is 3.01. The van der Waals surface area contributed by atoms with Gasteiger partial charge in [0.05, 0.1) is 17.1 Å². The van der Waals surface area contributed by atoms with Crippen LogP contribution in [0, 0.1) is 10.1 Å². The van der Waals surface area contributed by atoms with Crippen LogP contribution in [-0.2, 0) is 9.53 Å². The second-order valence-electron chi connectivity index (χ2n) is 2.90. The van der Waals surface area contributed by atoms with Crippen molar-refractivity contribution >= 4 is 11.7 Å². The van der Waals surface area contributed by atoms with Crippen molar-refractivity contribution in [3.05, 3.63) is 52.1 Å². The molecule has 0 heterocycles. The van der Waals surface area contributed by atoms with E-state index in [9.17, 15) is 14.9 Å². The lowest BCUT2D eigenvalue weighted by Gasteiger charge is -1.99. The normalized spacial score (nSPS) is 10.9. The molecule has 0 unspecified atom stereocenters. The third kappa shape index (κ3) is 3.20. The molecule has 0 aliphatic rings. The van der Waals surface area contributed by atoms with E-state index in [4.69, 9.17) is 0 Å². The van der Waals surface area contributed by atoms with E-state index in [1.165, 1.54) is 0 Å². The van der Waals surface area contributed by atoms with Crippen LogP contribution in [0.15, 0.2) is 36.4 Å². The zero-order valence-electron chi connectivity index (χ0n) is 8.75. The molecule has 1 aromatic carbocycles. The fourth-order valence-electron chi connectivity index (χ4n) is 1.15. The predicted molar refractivity (Wildman–Crippen MR) is 58.0 cm³/mol. The second-order valence-corrected chi connectivity index (χ2v) is 2.90.